The zero-order chi connectivity index (χ0) is 17.9. The Morgan fingerprint density at radius 1 is 1.12 bits per heavy atom. The Morgan fingerprint density at radius 2 is 1.83 bits per heavy atom. The molecule has 0 aliphatic heterocycles. The molecule has 5 nitrogen and oxygen atoms in total. The topological polar surface area (TPSA) is 64.6 Å². The van der Waals surface area contributed by atoms with Gasteiger partial charge in [-0.3, -0.25) is 4.72 Å². The third-order valence-corrected chi connectivity index (χ3v) is 4.50. The van der Waals surface area contributed by atoms with Gasteiger partial charge >= 0.3 is 6.61 Å². The average Bonchev–Trinajstić information content (AvgIpc) is 2.49. The quantitative estimate of drug-likeness (QED) is 0.824. The molecule has 2 aromatic carbocycles. The first-order chi connectivity index (χ1) is 11.2. The Bertz CT molecular complexity index is 846. The molecule has 0 unspecified atom stereocenters. The van der Waals surface area contributed by atoms with E-state index in [1.807, 2.05) is 0 Å². The Balaban J connectivity index is 2.33. The molecule has 0 bridgehead atoms. The molecule has 0 spiro atoms. The van der Waals surface area contributed by atoms with Crippen molar-refractivity contribution in [1.29, 1.82) is 0 Å². The van der Waals surface area contributed by atoms with Gasteiger partial charge in [0.25, 0.3) is 10.0 Å². The number of rotatable bonds is 6. The van der Waals surface area contributed by atoms with Gasteiger partial charge in [0.1, 0.15) is 5.82 Å². The van der Waals surface area contributed by atoms with Gasteiger partial charge in [0.15, 0.2) is 11.5 Å². The minimum absolute atomic E-state index is 0.00285. The monoisotopic (exact) mass is 381 g/mol. The third kappa shape index (κ3) is 4.24. The molecule has 0 amide bonds. The second-order valence-electron chi connectivity index (χ2n) is 4.43. The summed E-state index contributed by atoms with van der Waals surface area (Å²) in [6, 6.07) is 6.43. The van der Waals surface area contributed by atoms with Gasteiger partial charge in [-0.25, -0.2) is 12.8 Å². The number of hydrogen-bond donors (Lipinski definition) is 1. The highest BCUT2D eigenvalue weighted by atomic mass is 35.5. The van der Waals surface area contributed by atoms with E-state index in [1.165, 1.54) is 19.2 Å². The normalized spacial score (nSPS) is 11.4. The average molecular weight is 382 g/mol. The van der Waals surface area contributed by atoms with Crippen LogP contribution in [0, 0.1) is 5.82 Å². The number of alkyl halides is 2. The summed E-state index contributed by atoms with van der Waals surface area (Å²) in [5.41, 5.74) is -0.0492. The molecule has 1 N–H and O–H groups in total. The van der Waals surface area contributed by atoms with Crippen LogP contribution in [0.25, 0.3) is 0 Å². The van der Waals surface area contributed by atoms with Gasteiger partial charge in [-0.1, -0.05) is 11.6 Å². The molecule has 0 saturated carbocycles. The van der Waals surface area contributed by atoms with Crippen molar-refractivity contribution in [1.82, 2.24) is 0 Å². The summed E-state index contributed by atoms with van der Waals surface area (Å²) in [7, 11) is -2.85. The Hall–Kier alpha value is -2.13. The Kier molecular flexibility index (Phi) is 5.45. The lowest BCUT2D eigenvalue weighted by atomic mass is 10.3. The number of hydrogen-bond acceptors (Lipinski definition) is 4. The van der Waals surface area contributed by atoms with E-state index in [9.17, 15) is 21.6 Å². The van der Waals surface area contributed by atoms with Crippen LogP contribution in [0.5, 0.6) is 11.5 Å². The molecule has 130 valence electrons. The predicted octanol–water partition coefficient (Wildman–Crippen LogP) is 3.89. The molecule has 10 heteroatoms. The highest BCUT2D eigenvalue weighted by Gasteiger charge is 2.18. The van der Waals surface area contributed by atoms with Crippen molar-refractivity contribution in [2.24, 2.45) is 0 Å². The third-order valence-electron chi connectivity index (χ3n) is 2.83. The van der Waals surface area contributed by atoms with Crippen LogP contribution in [0.15, 0.2) is 41.3 Å². The second-order valence-corrected chi connectivity index (χ2v) is 6.52. The number of nitrogens with one attached hydrogen (secondary N) is 1. The van der Waals surface area contributed by atoms with Crippen molar-refractivity contribution in [2.75, 3.05) is 11.8 Å². The molecular formula is C14H11ClF3NO4S. The van der Waals surface area contributed by atoms with E-state index in [-0.39, 0.29) is 27.1 Å². The first kappa shape index (κ1) is 18.2. The maximum atomic E-state index is 13.1. The predicted molar refractivity (Wildman–Crippen MR) is 81.8 cm³/mol. The zero-order valence-electron chi connectivity index (χ0n) is 12.1. The van der Waals surface area contributed by atoms with E-state index in [0.29, 0.717) is 0 Å². The Labute approximate surface area is 141 Å². The largest absolute Gasteiger partial charge is 0.493 e. The fourth-order valence-electron chi connectivity index (χ4n) is 1.79. The van der Waals surface area contributed by atoms with E-state index in [1.54, 1.807) is 0 Å². The number of halogens is 4. The van der Waals surface area contributed by atoms with Crippen LogP contribution in [0.1, 0.15) is 0 Å². The summed E-state index contributed by atoms with van der Waals surface area (Å²) in [5, 5.41) is -0.366. The fraction of sp³-hybridized carbons (Fsp3) is 0.143. The van der Waals surface area contributed by atoms with Gasteiger partial charge in [-0.05, 0) is 30.3 Å². The summed E-state index contributed by atoms with van der Waals surface area (Å²) in [6.07, 6.45) is 0. The molecule has 0 aliphatic carbocycles. The smallest absolute Gasteiger partial charge is 0.387 e. The fourth-order valence-corrected chi connectivity index (χ4v) is 3.11. The molecule has 0 heterocycles. The summed E-state index contributed by atoms with van der Waals surface area (Å²) < 4.78 is 73.7. The van der Waals surface area contributed by atoms with Crippen molar-refractivity contribution in [3.05, 3.63) is 47.2 Å². The molecule has 0 fully saturated rings. The molecule has 0 saturated heterocycles. The van der Waals surface area contributed by atoms with Gasteiger partial charge < -0.3 is 9.47 Å². The molecule has 24 heavy (non-hydrogen) atoms. The van der Waals surface area contributed by atoms with Crippen molar-refractivity contribution in [3.63, 3.8) is 0 Å². The van der Waals surface area contributed by atoms with Crippen LogP contribution in [-0.4, -0.2) is 22.1 Å². The highest BCUT2D eigenvalue weighted by molar-refractivity contribution is 7.92. The maximum absolute atomic E-state index is 13.1. The molecule has 2 aromatic rings. The molecule has 2 rings (SSSR count). The first-order valence-electron chi connectivity index (χ1n) is 6.33. The number of sulfonamides is 1. The zero-order valence-corrected chi connectivity index (χ0v) is 13.7. The van der Waals surface area contributed by atoms with Crippen molar-refractivity contribution < 1.29 is 31.1 Å². The number of ether oxygens (including phenoxy) is 2. The van der Waals surface area contributed by atoms with Crippen LogP contribution in [0.4, 0.5) is 18.9 Å². The van der Waals surface area contributed by atoms with E-state index in [2.05, 4.69) is 9.46 Å². The van der Waals surface area contributed by atoms with Gasteiger partial charge in [0.05, 0.1) is 22.7 Å². The van der Waals surface area contributed by atoms with Crippen LogP contribution in [-0.2, 0) is 10.0 Å². The van der Waals surface area contributed by atoms with Crippen molar-refractivity contribution in [3.8, 4) is 11.5 Å². The number of benzene rings is 2. The minimum Gasteiger partial charge on any atom is -0.493 e. The van der Waals surface area contributed by atoms with Gasteiger partial charge in [-0.15, -0.1) is 0 Å². The SMILES string of the molecule is COc1ccc(NS(=O)(=O)c2ccc(F)c(Cl)c2)cc1OC(F)F. The highest BCUT2D eigenvalue weighted by Crippen LogP contribution is 2.32. The van der Waals surface area contributed by atoms with E-state index < -0.39 is 22.5 Å². The van der Waals surface area contributed by atoms with Gasteiger partial charge in [0.2, 0.25) is 0 Å². The van der Waals surface area contributed by atoms with E-state index in [0.717, 1.165) is 24.3 Å². The lowest BCUT2D eigenvalue weighted by Crippen LogP contribution is -2.13. The molecule has 0 atom stereocenters. The standard InChI is InChI=1S/C14H11ClF3NO4S/c1-22-12-5-2-8(6-13(12)23-14(17)18)19-24(20,21)9-3-4-11(16)10(15)7-9/h2-7,14,19H,1H3. The van der Waals surface area contributed by atoms with Crippen LogP contribution in [0.3, 0.4) is 0 Å². The number of anilines is 1. The summed E-state index contributed by atoms with van der Waals surface area (Å²) in [4.78, 5) is -0.291. The number of methoxy groups -OCH3 is 1. The van der Waals surface area contributed by atoms with Gasteiger partial charge in [-0.2, -0.15) is 8.78 Å². The summed E-state index contributed by atoms with van der Waals surface area (Å²) in [6.45, 7) is -3.11. The molecule has 0 radical (unpaired) electrons. The maximum Gasteiger partial charge on any atom is 0.387 e. The lowest BCUT2D eigenvalue weighted by Gasteiger charge is -2.13. The van der Waals surface area contributed by atoms with Crippen LogP contribution in [0.2, 0.25) is 5.02 Å². The molecule has 0 aliphatic rings. The lowest BCUT2D eigenvalue weighted by molar-refractivity contribution is -0.0511. The first-order valence-corrected chi connectivity index (χ1v) is 8.20. The molecular weight excluding hydrogens is 371 g/mol. The van der Waals surface area contributed by atoms with Crippen LogP contribution >= 0.6 is 11.6 Å². The van der Waals surface area contributed by atoms with Crippen LogP contribution < -0.4 is 14.2 Å². The second kappa shape index (κ2) is 7.18. The molecule has 0 aromatic heterocycles. The summed E-state index contributed by atoms with van der Waals surface area (Å²) in [5.74, 6) is -1.11. The van der Waals surface area contributed by atoms with E-state index in [4.69, 9.17) is 16.3 Å². The summed E-state index contributed by atoms with van der Waals surface area (Å²) >= 11 is 5.56. The Morgan fingerprint density at radius 3 is 2.42 bits per heavy atom. The van der Waals surface area contributed by atoms with Crippen molar-refractivity contribution >= 4 is 27.3 Å². The van der Waals surface area contributed by atoms with Crippen molar-refractivity contribution in [2.45, 2.75) is 11.5 Å². The minimum atomic E-state index is -4.10. The van der Waals surface area contributed by atoms with E-state index >= 15 is 0 Å². The van der Waals surface area contributed by atoms with Gasteiger partial charge in [0, 0.05) is 6.07 Å².